The van der Waals surface area contributed by atoms with E-state index in [9.17, 15) is 9.59 Å². The van der Waals surface area contributed by atoms with Crippen molar-refractivity contribution in [1.29, 1.82) is 0 Å². The summed E-state index contributed by atoms with van der Waals surface area (Å²) in [5.74, 6) is 0. The lowest BCUT2D eigenvalue weighted by atomic mass is 9.82. The third kappa shape index (κ3) is 3.71. The molecule has 6 aromatic carbocycles. The second-order valence-electron chi connectivity index (χ2n) is 13.3. The second kappa shape index (κ2) is 9.81. The average Bonchev–Trinajstić information content (AvgIpc) is 3.81. The minimum Gasteiger partial charge on any atom is -0.448 e. The van der Waals surface area contributed by atoms with Crippen LogP contribution in [0.5, 0.6) is 0 Å². The lowest BCUT2D eigenvalue weighted by molar-refractivity contribution is 0.660. The number of anilines is 3. The van der Waals surface area contributed by atoms with E-state index in [0.29, 0.717) is 22.0 Å². The van der Waals surface area contributed by atoms with E-state index in [1.54, 1.807) is 4.52 Å². The molecule has 0 aliphatic heterocycles. The zero-order valence-corrected chi connectivity index (χ0v) is 26.8. The molecule has 3 aromatic heterocycles. The molecule has 9 aromatic rings. The summed E-state index contributed by atoms with van der Waals surface area (Å²) < 4.78 is 8.85. The molecule has 0 amide bonds. The van der Waals surface area contributed by atoms with Crippen molar-refractivity contribution in [1.82, 2.24) is 9.03 Å². The Bertz CT molecular complexity index is 2910. The number of para-hydroxylation sites is 2. The van der Waals surface area contributed by atoms with Crippen molar-refractivity contribution >= 4 is 50.0 Å². The zero-order valence-electron chi connectivity index (χ0n) is 26.8. The summed E-state index contributed by atoms with van der Waals surface area (Å²) in [5.41, 5.74) is 11.0. The molecular weight excluding hydrogens is 606 g/mol. The van der Waals surface area contributed by atoms with Gasteiger partial charge in [-0.2, -0.15) is 4.52 Å². The Morgan fingerprint density at radius 2 is 1.24 bits per heavy atom. The summed E-state index contributed by atoms with van der Waals surface area (Å²) in [6.07, 6.45) is 0. The Morgan fingerprint density at radius 3 is 2.10 bits per heavy atom. The van der Waals surface area contributed by atoms with Crippen molar-refractivity contribution in [3.8, 4) is 22.3 Å². The van der Waals surface area contributed by atoms with E-state index in [4.69, 9.17) is 4.42 Å². The normalized spacial score (nSPS) is 13.4. The molecule has 0 N–H and O–H groups in total. The number of furan rings is 1. The largest absolute Gasteiger partial charge is 0.448 e. The van der Waals surface area contributed by atoms with E-state index in [-0.39, 0.29) is 16.6 Å². The number of fused-ring (bicyclic) bond motifs is 10. The Balaban J connectivity index is 1.24. The van der Waals surface area contributed by atoms with Gasteiger partial charge < -0.3 is 9.32 Å². The molecule has 3 heterocycles. The molecule has 49 heavy (non-hydrogen) atoms. The molecule has 0 bridgehead atoms. The van der Waals surface area contributed by atoms with Gasteiger partial charge in [-0.1, -0.05) is 105 Å². The smallest absolute Gasteiger partial charge is 0.318 e. The third-order valence-electron chi connectivity index (χ3n) is 10.3. The van der Waals surface area contributed by atoms with Crippen LogP contribution in [-0.4, -0.2) is 9.03 Å². The first-order chi connectivity index (χ1) is 23.9. The second-order valence-corrected chi connectivity index (χ2v) is 13.3. The highest BCUT2D eigenvalue weighted by molar-refractivity contribution is 6.05. The number of hydrogen-bond donors (Lipinski definition) is 0. The Labute approximate surface area is 280 Å². The van der Waals surface area contributed by atoms with Gasteiger partial charge in [-0.25, -0.2) is 4.52 Å². The molecule has 6 nitrogen and oxygen atoms in total. The molecule has 0 radical (unpaired) electrons. The Hall–Kier alpha value is -6.40. The summed E-state index contributed by atoms with van der Waals surface area (Å²) >= 11 is 0. The van der Waals surface area contributed by atoms with E-state index in [1.807, 2.05) is 66.7 Å². The van der Waals surface area contributed by atoms with E-state index in [1.165, 1.54) is 26.8 Å². The lowest BCUT2D eigenvalue weighted by Crippen LogP contribution is -2.21. The van der Waals surface area contributed by atoms with Gasteiger partial charge in [0.05, 0.1) is 16.6 Å². The summed E-state index contributed by atoms with van der Waals surface area (Å²) in [5, 5.41) is 1.25. The number of benzene rings is 6. The van der Waals surface area contributed by atoms with E-state index >= 15 is 0 Å². The van der Waals surface area contributed by atoms with E-state index in [0.717, 1.165) is 33.6 Å². The first-order valence-corrected chi connectivity index (χ1v) is 16.5. The minimum absolute atomic E-state index is 0.185. The van der Waals surface area contributed by atoms with Crippen molar-refractivity contribution in [3.63, 3.8) is 0 Å². The summed E-state index contributed by atoms with van der Waals surface area (Å²) in [7, 11) is 0. The van der Waals surface area contributed by atoms with Gasteiger partial charge in [0, 0.05) is 27.7 Å². The van der Waals surface area contributed by atoms with Crippen LogP contribution in [0.4, 0.5) is 17.1 Å². The number of hydrogen-bond acceptors (Lipinski definition) is 4. The van der Waals surface area contributed by atoms with Crippen LogP contribution in [0, 0.1) is 0 Å². The quantitative estimate of drug-likeness (QED) is 0.193. The van der Waals surface area contributed by atoms with Crippen molar-refractivity contribution in [2.24, 2.45) is 0 Å². The van der Waals surface area contributed by atoms with Crippen molar-refractivity contribution in [2.45, 2.75) is 19.3 Å². The van der Waals surface area contributed by atoms with Crippen LogP contribution in [0.2, 0.25) is 0 Å². The van der Waals surface area contributed by atoms with Crippen LogP contribution in [0.3, 0.4) is 0 Å². The fourth-order valence-corrected chi connectivity index (χ4v) is 8.01. The Morgan fingerprint density at radius 1 is 0.571 bits per heavy atom. The molecule has 0 saturated heterocycles. The summed E-state index contributed by atoms with van der Waals surface area (Å²) in [4.78, 5) is 29.9. The summed E-state index contributed by atoms with van der Waals surface area (Å²) in [6.45, 7) is 4.56. The molecule has 6 heteroatoms. The number of rotatable bonds is 4. The molecule has 0 atom stereocenters. The number of aromatic nitrogens is 2. The fraction of sp³-hybridized carbons (Fsp3) is 0.0698. The standard InChI is InChI=1S/C43H29N3O3/c1-43(2)34-17-9-6-15-30(34)31-22-20-28(25-35(31)43)44(36-18-10-7-14-29(36)26-12-4-3-5-13-26)27-21-23-37-33(24-27)41(47)46-42(48)40-39(45(37)46)32-16-8-11-19-38(32)49-40/h3-25H,1-2H3. The van der Waals surface area contributed by atoms with Crippen molar-refractivity contribution in [2.75, 3.05) is 4.90 Å². The highest BCUT2D eigenvalue weighted by Crippen LogP contribution is 2.51. The van der Waals surface area contributed by atoms with Crippen molar-refractivity contribution in [3.05, 3.63) is 171 Å². The average molecular weight is 636 g/mol. The minimum atomic E-state index is -0.458. The molecule has 0 fully saturated rings. The third-order valence-corrected chi connectivity index (χ3v) is 10.3. The van der Waals surface area contributed by atoms with E-state index < -0.39 is 5.56 Å². The Kier molecular flexibility index (Phi) is 5.54. The predicted octanol–water partition coefficient (Wildman–Crippen LogP) is 9.69. The van der Waals surface area contributed by atoms with Gasteiger partial charge in [0.25, 0.3) is 5.56 Å². The van der Waals surface area contributed by atoms with Gasteiger partial charge in [-0.05, 0) is 76.3 Å². The van der Waals surface area contributed by atoms with Crippen LogP contribution in [-0.2, 0) is 5.41 Å². The molecule has 234 valence electrons. The van der Waals surface area contributed by atoms with Crippen LogP contribution in [0.25, 0.3) is 55.2 Å². The number of nitrogens with zero attached hydrogens (tertiary/aromatic N) is 3. The summed E-state index contributed by atoms with van der Waals surface area (Å²) in [6, 6.07) is 47.5. The molecular formula is C43H29N3O3. The highest BCUT2D eigenvalue weighted by Gasteiger charge is 2.36. The highest BCUT2D eigenvalue weighted by atomic mass is 16.3. The molecule has 0 unspecified atom stereocenters. The van der Waals surface area contributed by atoms with Gasteiger partial charge in [0.2, 0.25) is 5.58 Å². The van der Waals surface area contributed by atoms with Gasteiger partial charge in [0.15, 0.2) is 0 Å². The predicted molar refractivity (Wildman–Crippen MR) is 197 cm³/mol. The molecule has 10 rings (SSSR count). The first kappa shape index (κ1) is 27.7. The molecule has 0 saturated carbocycles. The van der Waals surface area contributed by atoms with Gasteiger partial charge in [-0.15, -0.1) is 0 Å². The first-order valence-electron chi connectivity index (χ1n) is 16.5. The maximum Gasteiger partial charge on any atom is 0.318 e. The van der Waals surface area contributed by atoms with Gasteiger partial charge in [-0.3, -0.25) is 9.59 Å². The zero-order chi connectivity index (χ0) is 33.0. The maximum atomic E-state index is 14.1. The monoisotopic (exact) mass is 635 g/mol. The van der Waals surface area contributed by atoms with Crippen LogP contribution in [0.15, 0.2) is 154 Å². The lowest BCUT2D eigenvalue weighted by Gasteiger charge is -2.29. The van der Waals surface area contributed by atoms with Gasteiger partial charge in [0.1, 0.15) is 11.1 Å². The van der Waals surface area contributed by atoms with Gasteiger partial charge >= 0.3 is 5.56 Å². The van der Waals surface area contributed by atoms with Crippen molar-refractivity contribution < 1.29 is 4.42 Å². The fourth-order valence-electron chi connectivity index (χ4n) is 8.01. The topological polar surface area (TPSA) is 59.3 Å². The van der Waals surface area contributed by atoms with Crippen LogP contribution >= 0.6 is 0 Å². The van der Waals surface area contributed by atoms with Crippen LogP contribution in [0.1, 0.15) is 25.0 Å². The van der Waals surface area contributed by atoms with Crippen LogP contribution < -0.4 is 16.0 Å². The van der Waals surface area contributed by atoms with E-state index in [2.05, 4.69) is 91.5 Å². The molecule has 1 aliphatic carbocycles. The maximum absolute atomic E-state index is 14.1. The molecule has 1 aliphatic rings. The molecule has 0 spiro atoms. The SMILES string of the molecule is CC1(C)c2ccccc2-c2ccc(N(c3ccc4c(c3)c(=O)n3c(=O)c5oc6ccccc6c5n43)c3ccccc3-c3ccccc3)cc21.